The Morgan fingerprint density at radius 2 is 2.00 bits per heavy atom. The second kappa shape index (κ2) is 8.13. The minimum Gasteiger partial charge on any atom is -0.338 e. The van der Waals surface area contributed by atoms with Gasteiger partial charge in [-0.25, -0.2) is 13.8 Å². The molecule has 1 saturated carbocycles. The van der Waals surface area contributed by atoms with Crippen LogP contribution in [0.25, 0.3) is 5.65 Å². The third-order valence-electron chi connectivity index (χ3n) is 5.65. The fourth-order valence-corrected chi connectivity index (χ4v) is 4.04. The maximum atomic E-state index is 13.8. The van der Waals surface area contributed by atoms with Gasteiger partial charge in [0.05, 0.1) is 11.4 Å². The molecular formula is C21H18F5N5O2. The molecule has 3 heterocycles. The molecule has 0 unspecified atom stereocenters. The van der Waals surface area contributed by atoms with E-state index >= 15 is 0 Å². The average molecular weight is 467 g/mol. The number of aromatic nitrogens is 3. The van der Waals surface area contributed by atoms with Gasteiger partial charge in [-0.3, -0.25) is 14.5 Å². The van der Waals surface area contributed by atoms with Crippen molar-refractivity contribution in [2.24, 2.45) is 5.92 Å². The number of carbonyl (C=O) groups excluding carboxylic acids is 1. The number of pyridine rings is 1. The van der Waals surface area contributed by atoms with E-state index in [2.05, 4.69) is 15.5 Å². The molecule has 0 saturated heterocycles. The predicted octanol–water partition coefficient (Wildman–Crippen LogP) is 5.14. The molecule has 12 heteroatoms. The summed E-state index contributed by atoms with van der Waals surface area (Å²) in [7, 11) is 0. The Morgan fingerprint density at radius 3 is 2.58 bits per heavy atom. The van der Waals surface area contributed by atoms with Crippen LogP contribution in [0.2, 0.25) is 0 Å². The summed E-state index contributed by atoms with van der Waals surface area (Å²) in [4.78, 5) is 16.2. The van der Waals surface area contributed by atoms with Crippen molar-refractivity contribution in [3.05, 3.63) is 46.5 Å². The van der Waals surface area contributed by atoms with Crippen molar-refractivity contribution >= 4 is 17.4 Å². The van der Waals surface area contributed by atoms with Gasteiger partial charge in [-0.15, -0.1) is 0 Å². The smallest absolute Gasteiger partial charge is 0.338 e. The lowest BCUT2D eigenvalue weighted by molar-refractivity contribution is -0.141. The number of nitrogens with zero attached hydrogens (tertiary/aromatic N) is 4. The summed E-state index contributed by atoms with van der Waals surface area (Å²) in [6.45, 7) is 1.64. The lowest BCUT2D eigenvalue weighted by Crippen LogP contribution is -2.26. The Balaban J connectivity index is 1.74. The molecule has 0 aromatic carbocycles. The molecule has 1 aliphatic carbocycles. The number of imidazole rings is 1. The SMILES string of the molecule is Cc1cc(NC(=O)c2cc(C#N)n3c(CC4CCC(F)(F)CC4)c(C(F)(F)F)nc3c2)on1. The van der Waals surface area contributed by atoms with Gasteiger partial charge in [-0.1, -0.05) is 5.16 Å². The number of nitrogens with one attached hydrogen (secondary N) is 1. The fourth-order valence-electron chi connectivity index (χ4n) is 4.04. The highest BCUT2D eigenvalue weighted by Gasteiger charge is 2.41. The van der Waals surface area contributed by atoms with Crippen molar-refractivity contribution in [2.45, 2.75) is 51.1 Å². The summed E-state index contributed by atoms with van der Waals surface area (Å²) in [6.07, 6.45) is -5.65. The summed E-state index contributed by atoms with van der Waals surface area (Å²) in [5.41, 5.74) is -1.54. The maximum Gasteiger partial charge on any atom is 0.435 e. The van der Waals surface area contributed by atoms with E-state index in [0.717, 1.165) is 16.5 Å². The second-order valence-corrected chi connectivity index (χ2v) is 8.13. The molecule has 0 bridgehead atoms. The van der Waals surface area contributed by atoms with Crippen LogP contribution in [0.1, 0.15) is 58.8 Å². The first-order valence-corrected chi connectivity index (χ1v) is 10.1. The van der Waals surface area contributed by atoms with Crippen LogP contribution in [0.4, 0.5) is 27.8 Å². The van der Waals surface area contributed by atoms with Crippen LogP contribution in [-0.2, 0) is 12.6 Å². The van der Waals surface area contributed by atoms with Crippen molar-refractivity contribution in [2.75, 3.05) is 5.32 Å². The normalized spacial score (nSPS) is 16.6. The highest BCUT2D eigenvalue weighted by Crippen LogP contribution is 2.40. The molecule has 7 nitrogen and oxygen atoms in total. The number of nitriles is 1. The maximum absolute atomic E-state index is 13.8. The number of alkyl halides is 5. The van der Waals surface area contributed by atoms with E-state index in [0.29, 0.717) is 5.69 Å². The molecule has 0 aliphatic heterocycles. The molecular weight excluding hydrogens is 449 g/mol. The van der Waals surface area contributed by atoms with Gasteiger partial charge in [0.2, 0.25) is 11.8 Å². The number of rotatable bonds is 4. The predicted molar refractivity (Wildman–Crippen MR) is 105 cm³/mol. The molecule has 0 radical (unpaired) electrons. The molecule has 0 spiro atoms. The summed E-state index contributed by atoms with van der Waals surface area (Å²) < 4.78 is 74.2. The molecule has 174 valence electrons. The molecule has 1 amide bonds. The Kier molecular flexibility index (Phi) is 5.59. The third-order valence-corrected chi connectivity index (χ3v) is 5.65. The van der Waals surface area contributed by atoms with Gasteiger partial charge in [0.15, 0.2) is 5.69 Å². The van der Waals surface area contributed by atoms with Crippen molar-refractivity contribution in [1.82, 2.24) is 14.5 Å². The van der Waals surface area contributed by atoms with Crippen LogP contribution in [0, 0.1) is 24.2 Å². The zero-order chi connectivity index (χ0) is 24.0. The molecule has 4 rings (SSSR count). The van der Waals surface area contributed by atoms with Crippen molar-refractivity contribution in [3.8, 4) is 6.07 Å². The summed E-state index contributed by atoms with van der Waals surface area (Å²) >= 11 is 0. The Labute approximate surface area is 184 Å². The number of hydrogen-bond donors (Lipinski definition) is 1. The quantitative estimate of drug-likeness (QED) is 0.536. The minimum atomic E-state index is -4.83. The fraction of sp³-hybridized carbons (Fsp3) is 0.429. The van der Waals surface area contributed by atoms with E-state index < -0.39 is 42.5 Å². The van der Waals surface area contributed by atoms with Gasteiger partial charge in [0, 0.05) is 24.5 Å². The van der Waals surface area contributed by atoms with Crippen LogP contribution in [0.15, 0.2) is 22.7 Å². The Bertz CT molecular complexity index is 1240. The summed E-state index contributed by atoms with van der Waals surface area (Å²) in [5, 5.41) is 15.6. The van der Waals surface area contributed by atoms with Crippen molar-refractivity contribution < 1.29 is 31.3 Å². The number of anilines is 1. The molecule has 1 fully saturated rings. The van der Waals surface area contributed by atoms with Gasteiger partial charge in [-0.2, -0.15) is 18.4 Å². The largest absolute Gasteiger partial charge is 0.435 e. The molecule has 3 aromatic heterocycles. The first-order valence-electron chi connectivity index (χ1n) is 10.1. The molecule has 0 atom stereocenters. The molecule has 33 heavy (non-hydrogen) atoms. The van der Waals surface area contributed by atoms with Gasteiger partial charge in [0.1, 0.15) is 17.4 Å². The summed E-state index contributed by atoms with van der Waals surface area (Å²) in [5.74, 6) is -3.91. The number of amides is 1. The van der Waals surface area contributed by atoms with Crippen LogP contribution in [0.3, 0.4) is 0 Å². The van der Waals surface area contributed by atoms with Gasteiger partial charge in [0.25, 0.3) is 5.91 Å². The topological polar surface area (TPSA) is 96.2 Å². The summed E-state index contributed by atoms with van der Waals surface area (Å²) in [6, 6.07) is 5.53. The number of carbonyl (C=O) groups is 1. The van der Waals surface area contributed by atoms with E-state index in [9.17, 15) is 32.0 Å². The first kappa shape index (κ1) is 22.7. The van der Waals surface area contributed by atoms with Crippen LogP contribution >= 0.6 is 0 Å². The number of fused-ring (bicyclic) bond motifs is 1. The van der Waals surface area contributed by atoms with Crippen LogP contribution in [-0.4, -0.2) is 26.4 Å². The van der Waals surface area contributed by atoms with E-state index in [1.807, 2.05) is 6.07 Å². The van der Waals surface area contributed by atoms with E-state index in [4.69, 9.17) is 4.52 Å². The standard InChI is InChI=1S/C21H18F5N5O2/c1-11-6-17(33-30-11)29-19(32)13-8-14(10-27)31-15(7-12-2-4-20(22,23)5-3-12)18(21(24,25)26)28-16(31)9-13/h6,8-9,12H,2-5,7H2,1H3,(H,29,32). The lowest BCUT2D eigenvalue weighted by Gasteiger charge is -2.28. The number of aryl methyl sites for hydroxylation is 1. The van der Waals surface area contributed by atoms with E-state index in [-0.39, 0.29) is 47.7 Å². The Morgan fingerprint density at radius 1 is 1.30 bits per heavy atom. The highest BCUT2D eigenvalue weighted by molar-refractivity contribution is 6.04. The molecule has 1 N–H and O–H groups in total. The average Bonchev–Trinajstić information content (AvgIpc) is 3.32. The van der Waals surface area contributed by atoms with E-state index in [1.54, 1.807) is 6.92 Å². The van der Waals surface area contributed by atoms with Gasteiger partial charge in [-0.05, 0) is 44.2 Å². The van der Waals surface area contributed by atoms with Crippen LogP contribution < -0.4 is 5.32 Å². The zero-order valence-electron chi connectivity index (χ0n) is 17.3. The zero-order valence-corrected chi connectivity index (χ0v) is 17.3. The van der Waals surface area contributed by atoms with Crippen molar-refractivity contribution in [3.63, 3.8) is 0 Å². The minimum absolute atomic E-state index is 0.0324. The second-order valence-electron chi connectivity index (χ2n) is 8.13. The van der Waals surface area contributed by atoms with Gasteiger partial charge < -0.3 is 4.52 Å². The molecule has 1 aliphatic rings. The third kappa shape index (κ3) is 4.67. The van der Waals surface area contributed by atoms with Crippen LogP contribution in [0.5, 0.6) is 0 Å². The number of halogens is 5. The monoisotopic (exact) mass is 467 g/mol. The number of hydrogen-bond acceptors (Lipinski definition) is 5. The first-order chi connectivity index (χ1) is 15.5. The van der Waals surface area contributed by atoms with Crippen molar-refractivity contribution in [1.29, 1.82) is 5.26 Å². The highest BCUT2D eigenvalue weighted by atomic mass is 19.4. The molecule has 3 aromatic rings. The van der Waals surface area contributed by atoms with E-state index in [1.165, 1.54) is 6.07 Å². The Hall–Kier alpha value is -3.49. The van der Waals surface area contributed by atoms with Gasteiger partial charge >= 0.3 is 6.18 Å². The lowest BCUT2D eigenvalue weighted by atomic mass is 9.83.